The average Bonchev–Trinajstić information content (AvgIpc) is 3.24. The van der Waals surface area contributed by atoms with Crippen LogP contribution >= 0.6 is 0 Å². The van der Waals surface area contributed by atoms with Gasteiger partial charge < -0.3 is 5.73 Å². The molecule has 0 atom stereocenters. The smallest absolute Gasteiger partial charge is 0.270 e. The van der Waals surface area contributed by atoms with E-state index in [1.165, 1.54) is 18.2 Å². The van der Waals surface area contributed by atoms with Gasteiger partial charge in [0.15, 0.2) is 11.6 Å². The third-order valence-corrected chi connectivity index (χ3v) is 6.45. The summed E-state index contributed by atoms with van der Waals surface area (Å²) >= 11 is 0. The number of sulfonamides is 1. The Morgan fingerprint density at radius 1 is 0.939 bits per heavy atom. The fourth-order valence-electron chi connectivity index (χ4n) is 3.55. The molecule has 0 spiro atoms. The van der Waals surface area contributed by atoms with Crippen molar-refractivity contribution in [1.29, 1.82) is 0 Å². The Balaban J connectivity index is 1.70. The molecule has 10 nitrogen and oxygen atoms in total. The molecule has 5 aromatic rings. The maximum absolute atomic E-state index is 13.1. The summed E-state index contributed by atoms with van der Waals surface area (Å²) in [5, 5.41) is 11.9. The van der Waals surface area contributed by atoms with E-state index in [9.17, 15) is 18.5 Å². The monoisotopic (exact) mass is 460 g/mol. The van der Waals surface area contributed by atoms with Gasteiger partial charge in [0.05, 0.1) is 26.4 Å². The molecule has 3 aromatic carbocycles. The summed E-state index contributed by atoms with van der Waals surface area (Å²) in [5.74, 6) is 0.212. The van der Waals surface area contributed by atoms with Crippen LogP contribution in [0.5, 0.6) is 0 Å². The largest absolute Gasteiger partial charge is 0.398 e. The van der Waals surface area contributed by atoms with Gasteiger partial charge in [0, 0.05) is 29.4 Å². The van der Waals surface area contributed by atoms with Crippen molar-refractivity contribution in [2.24, 2.45) is 0 Å². The highest BCUT2D eigenvalue weighted by Gasteiger charge is 2.22. The van der Waals surface area contributed by atoms with Gasteiger partial charge in [-0.05, 0) is 36.4 Å². The molecule has 0 amide bonds. The first-order valence-electron chi connectivity index (χ1n) is 9.73. The van der Waals surface area contributed by atoms with Crippen molar-refractivity contribution < 1.29 is 13.3 Å². The average molecular weight is 460 g/mol. The Labute approximate surface area is 187 Å². The molecule has 2 aromatic heterocycles. The van der Waals surface area contributed by atoms with Crippen LogP contribution in [0.2, 0.25) is 0 Å². The van der Waals surface area contributed by atoms with Crippen molar-refractivity contribution in [1.82, 2.24) is 14.5 Å². The number of aromatic nitrogens is 3. The van der Waals surface area contributed by atoms with Crippen LogP contribution in [0.1, 0.15) is 0 Å². The maximum Gasteiger partial charge on any atom is 0.270 e. The molecular formula is C22H16N6O4S. The molecule has 164 valence electrons. The molecule has 0 saturated carbocycles. The number of para-hydroxylation sites is 2. The number of hydrogen-bond acceptors (Lipinski definition) is 7. The molecule has 5 rings (SSSR count). The first-order chi connectivity index (χ1) is 15.8. The van der Waals surface area contributed by atoms with Crippen molar-refractivity contribution >= 4 is 49.2 Å². The van der Waals surface area contributed by atoms with Crippen LogP contribution in [0.4, 0.5) is 17.2 Å². The summed E-state index contributed by atoms with van der Waals surface area (Å²) in [5.41, 5.74) is 8.07. The van der Waals surface area contributed by atoms with Crippen LogP contribution in [0.15, 0.2) is 83.9 Å². The van der Waals surface area contributed by atoms with E-state index in [4.69, 9.17) is 5.73 Å². The zero-order chi connectivity index (χ0) is 23.2. The molecule has 11 heteroatoms. The highest BCUT2D eigenvalue weighted by molar-refractivity contribution is 7.92. The van der Waals surface area contributed by atoms with Gasteiger partial charge >= 0.3 is 0 Å². The molecule has 33 heavy (non-hydrogen) atoms. The molecule has 0 unspecified atom stereocenters. The zero-order valence-electron chi connectivity index (χ0n) is 16.9. The lowest BCUT2D eigenvalue weighted by Gasteiger charge is -2.14. The molecule has 0 fully saturated rings. The first-order valence-corrected chi connectivity index (χ1v) is 11.2. The van der Waals surface area contributed by atoms with Gasteiger partial charge in [-0.3, -0.25) is 19.4 Å². The van der Waals surface area contributed by atoms with E-state index in [0.717, 1.165) is 17.0 Å². The number of rotatable bonds is 5. The van der Waals surface area contributed by atoms with Crippen LogP contribution in [0, 0.1) is 10.1 Å². The number of nitro groups is 1. The topological polar surface area (TPSA) is 146 Å². The molecule has 3 N–H and O–H groups in total. The number of nitrogens with one attached hydrogen (secondary N) is 1. The second-order valence-corrected chi connectivity index (χ2v) is 8.89. The van der Waals surface area contributed by atoms with Crippen molar-refractivity contribution in [2.45, 2.75) is 4.90 Å². The van der Waals surface area contributed by atoms with E-state index < -0.39 is 14.9 Å². The van der Waals surface area contributed by atoms with Gasteiger partial charge in [-0.1, -0.05) is 24.3 Å². The van der Waals surface area contributed by atoms with E-state index in [2.05, 4.69) is 14.7 Å². The van der Waals surface area contributed by atoms with Crippen molar-refractivity contribution in [3.63, 3.8) is 0 Å². The van der Waals surface area contributed by atoms with Crippen LogP contribution in [-0.4, -0.2) is 27.9 Å². The van der Waals surface area contributed by atoms with E-state index in [1.807, 2.05) is 6.07 Å². The minimum absolute atomic E-state index is 0.0277. The second-order valence-electron chi connectivity index (χ2n) is 7.21. The quantitative estimate of drug-likeness (QED) is 0.230. The van der Waals surface area contributed by atoms with Crippen LogP contribution in [0.25, 0.3) is 27.8 Å². The molecule has 0 aliphatic rings. The number of nitrogens with two attached hydrogens (primary N) is 1. The number of fused-ring (bicyclic) bond motifs is 2. The van der Waals surface area contributed by atoms with Crippen LogP contribution < -0.4 is 10.5 Å². The zero-order valence-corrected chi connectivity index (χ0v) is 17.7. The fourth-order valence-corrected chi connectivity index (χ4v) is 4.60. The summed E-state index contributed by atoms with van der Waals surface area (Å²) in [6.45, 7) is 0. The predicted molar refractivity (Wildman–Crippen MR) is 125 cm³/mol. The molecule has 0 radical (unpaired) electrons. The molecule has 2 heterocycles. The van der Waals surface area contributed by atoms with Crippen molar-refractivity contribution in [3.05, 3.63) is 89.1 Å². The normalized spacial score (nSPS) is 11.6. The Morgan fingerprint density at radius 3 is 2.42 bits per heavy atom. The summed E-state index contributed by atoms with van der Waals surface area (Å²) in [6.07, 6.45) is 1.73. The van der Waals surface area contributed by atoms with Gasteiger partial charge in [-0.15, -0.1) is 0 Å². The van der Waals surface area contributed by atoms with Gasteiger partial charge in [0.25, 0.3) is 15.7 Å². The number of nitrogen functional groups attached to an aromatic ring is 1. The molecule has 0 aliphatic carbocycles. The summed E-state index contributed by atoms with van der Waals surface area (Å²) < 4.78 is 30.4. The number of anilines is 2. The maximum atomic E-state index is 13.1. The summed E-state index contributed by atoms with van der Waals surface area (Å²) in [4.78, 5) is 19.3. The number of hydrogen-bond donors (Lipinski definition) is 2. The highest BCUT2D eigenvalue weighted by Crippen LogP contribution is 2.29. The summed E-state index contributed by atoms with van der Waals surface area (Å²) in [6, 6.07) is 19.0. The van der Waals surface area contributed by atoms with Crippen molar-refractivity contribution in [2.75, 3.05) is 10.5 Å². The second kappa shape index (κ2) is 7.57. The van der Waals surface area contributed by atoms with Gasteiger partial charge in [0.1, 0.15) is 0 Å². The number of nitrogens with zero attached hydrogens (tertiary/aromatic N) is 4. The Bertz CT molecular complexity index is 1660. The SMILES string of the molecule is Nc1cccc2c1ccn2-c1nc2ccccc2nc1NS(=O)(=O)c1cccc([N+](=O)[O-])c1. The number of non-ortho nitro benzene ring substituents is 1. The van der Waals surface area contributed by atoms with Gasteiger partial charge in [-0.2, -0.15) is 0 Å². The van der Waals surface area contributed by atoms with Gasteiger partial charge in [0.2, 0.25) is 0 Å². The van der Waals surface area contributed by atoms with E-state index in [0.29, 0.717) is 16.7 Å². The van der Waals surface area contributed by atoms with Crippen molar-refractivity contribution in [3.8, 4) is 5.82 Å². The number of benzene rings is 3. The third-order valence-electron chi connectivity index (χ3n) is 5.12. The Hall–Kier alpha value is -4.51. The first kappa shape index (κ1) is 20.4. The van der Waals surface area contributed by atoms with E-state index in [1.54, 1.807) is 53.2 Å². The number of nitro benzene ring substituents is 1. The van der Waals surface area contributed by atoms with E-state index >= 15 is 0 Å². The third kappa shape index (κ3) is 3.59. The minimum Gasteiger partial charge on any atom is -0.398 e. The summed E-state index contributed by atoms with van der Waals surface area (Å²) in [7, 11) is -4.21. The fraction of sp³-hybridized carbons (Fsp3) is 0. The lowest BCUT2D eigenvalue weighted by molar-refractivity contribution is -0.385. The molecule has 0 saturated heterocycles. The van der Waals surface area contributed by atoms with Gasteiger partial charge in [-0.25, -0.2) is 18.4 Å². The van der Waals surface area contributed by atoms with Crippen LogP contribution in [-0.2, 0) is 10.0 Å². The lowest BCUT2D eigenvalue weighted by atomic mass is 10.2. The Morgan fingerprint density at radius 2 is 1.67 bits per heavy atom. The molecule has 0 aliphatic heterocycles. The van der Waals surface area contributed by atoms with Crippen LogP contribution in [0.3, 0.4) is 0 Å². The minimum atomic E-state index is -4.21. The van der Waals surface area contributed by atoms with E-state index in [-0.39, 0.29) is 22.2 Å². The lowest BCUT2D eigenvalue weighted by Crippen LogP contribution is -2.17. The Kier molecular flexibility index (Phi) is 4.68. The predicted octanol–water partition coefficient (Wildman–Crippen LogP) is 3.86. The highest BCUT2D eigenvalue weighted by atomic mass is 32.2. The molecule has 0 bridgehead atoms. The standard InChI is InChI=1S/C22H16N6O4S/c23-17-7-4-10-20-16(17)11-12-27(20)22-21(24-18-8-1-2-9-19(18)25-22)26-33(31,32)15-6-3-5-14(13-15)28(29)30/h1-13H,23H2,(H,24,26). The molecular weight excluding hydrogens is 444 g/mol.